The molecule has 1 heterocycles. The van der Waals surface area contributed by atoms with Gasteiger partial charge in [-0.3, -0.25) is 20.4 Å². The van der Waals surface area contributed by atoms with Crippen LogP contribution < -0.4 is 15.6 Å². The molecule has 3 aromatic rings. The van der Waals surface area contributed by atoms with E-state index in [1.54, 1.807) is 29.0 Å². The highest BCUT2D eigenvalue weighted by Gasteiger charge is 2.14. The minimum Gasteiger partial charge on any atom is -0.496 e. The summed E-state index contributed by atoms with van der Waals surface area (Å²) in [7, 11) is 1.43. The van der Waals surface area contributed by atoms with Gasteiger partial charge in [-0.2, -0.15) is 0 Å². The first-order valence-electron chi connectivity index (χ1n) is 7.65. The number of rotatable bonds is 4. The van der Waals surface area contributed by atoms with Gasteiger partial charge in [0.1, 0.15) is 12.3 Å². The lowest BCUT2D eigenvalue weighted by Crippen LogP contribution is -2.43. The third kappa shape index (κ3) is 3.92. The molecule has 0 fully saturated rings. The molecule has 6 nitrogen and oxygen atoms in total. The van der Waals surface area contributed by atoms with Crippen LogP contribution in [0.15, 0.2) is 48.7 Å². The number of hydrazine groups is 1. The average Bonchev–Trinajstić information content (AvgIpc) is 3.01. The summed E-state index contributed by atoms with van der Waals surface area (Å²) in [6, 6.07) is 11.9. The first kappa shape index (κ1) is 18.1. The van der Waals surface area contributed by atoms with Crippen molar-refractivity contribution in [2.75, 3.05) is 7.11 Å². The number of carbonyl (C=O) groups is 2. The van der Waals surface area contributed by atoms with Gasteiger partial charge in [0.2, 0.25) is 0 Å². The Labute approximate surface area is 159 Å². The first-order chi connectivity index (χ1) is 12.5. The zero-order valence-electron chi connectivity index (χ0n) is 13.8. The monoisotopic (exact) mass is 391 g/mol. The topological polar surface area (TPSA) is 72.4 Å². The van der Waals surface area contributed by atoms with Crippen molar-refractivity contribution in [2.24, 2.45) is 0 Å². The maximum Gasteiger partial charge on any atom is 0.273 e. The van der Waals surface area contributed by atoms with Crippen molar-refractivity contribution in [1.82, 2.24) is 15.4 Å². The number of amides is 2. The fourth-order valence-electron chi connectivity index (χ4n) is 2.54. The zero-order chi connectivity index (χ0) is 18.7. The molecule has 26 heavy (non-hydrogen) atoms. The summed E-state index contributed by atoms with van der Waals surface area (Å²) in [5.41, 5.74) is 5.84. The van der Waals surface area contributed by atoms with Crippen molar-refractivity contribution in [3.63, 3.8) is 0 Å². The molecule has 0 unspecified atom stereocenters. The molecule has 0 saturated carbocycles. The van der Waals surface area contributed by atoms with E-state index >= 15 is 0 Å². The largest absolute Gasteiger partial charge is 0.496 e. The maximum absolute atomic E-state index is 12.2. The number of nitrogens with zero attached hydrogens (tertiary/aromatic N) is 1. The molecule has 0 radical (unpaired) electrons. The van der Waals surface area contributed by atoms with Gasteiger partial charge in [-0.15, -0.1) is 0 Å². The van der Waals surface area contributed by atoms with Gasteiger partial charge in [0.05, 0.1) is 12.7 Å². The van der Waals surface area contributed by atoms with E-state index in [0.29, 0.717) is 15.8 Å². The normalized spacial score (nSPS) is 10.6. The molecule has 1 aromatic heterocycles. The van der Waals surface area contributed by atoms with E-state index in [2.05, 4.69) is 10.9 Å². The van der Waals surface area contributed by atoms with E-state index in [9.17, 15) is 9.59 Å². The standard InChI is InChI=1S/C18H15Cl2N3O3/c1-26-16-9-13(20)4-5-14(16)18(25)22-21-17(24)10-23-7-6-11-2-3-12(19)8-15(11)23/h2-9H,10H2,1H3,(H,21,24)(H,22,25). The number of hydrogen-bond acceptors (Lipinski definition) is 3. The molecule has 8 heteroatoms. The van der Waals surface area contributed by atoms with E-state index < -0.39 is 5.91 Å². The fraction of sp³-hybridized carbons (Fsp3) is 0.111. The summed E-state index contributed by atoms with van der Waals surface area (Å²) in [6.07, 6.45) is 1.78. The summed E-state index contributed by atoms with van der Waals surface area (Å²) in [5.74, 6) is -0.577. The molecule has 0 aliphatic rings. The fourth-order valence-corrected chi connectivity index (χ4v) is 2.86. The number of nitrogens with one attached hydrogen (secondary N) is 2. The lowest BCUT2D eigenvalue weighted by atomic mass is 10.2. The van der Waals surface area contributed by atoms with Crippen molar-refractivity contribution in [3.05, 3.63) is 64.3 Å². The summed E-state index contributed by atoms with van der Waals surface area (Å²) >= 11 is 11.9. The quantitative estimate of drug-likeness (QED) is 0.669. The van der Waals surface area contributed by atoms with Crippen LogP contribution in [-0.4, -0.2) is 23.5 Å². The van der Waals surface area contributed by atoms with Gasteiger partial charge in [-0.05, 0) is 41.8 Å². The Morgan fingerprint density at radius 2 is 1.77 bits per heavy atom. The average molecular weight is 392 g/mol. The second kappa shape index (κ2) is 7.68. The predicted octanol–water partition coefficient (Wildman–Crippen LogP) is 3.42. The Kier molecular flexibility index (Phi) is 5.35. The summed E-state index contributed by atoms with van der Waals surface area (Å²) in [5, 5.41) is 2.00. The van der Waals surface area contributed by atoms with Crippen LogP contribution in [0, 0.1) is 0 Å². The minimum atomic E-state index is -0.507. The number of fused-ring (bicyclic) bond motifs is 1. The van der Waals surface area contributed by atoms with Gasteiger partial charge in [0.25, 0.3) is 11.8 Å². The smallest absolute Gasteiger partial charge is 0.273 e. The van der Waals surface area contributed by atoms with Crippen LogP contribution in [0.3, 0.4) is 0 Å². The Bertz CT molecular complexity index is 985. The Morgan fingerprint density at radius 1 is 1.04 bits per heavy atom. The highest BCUT2D eigenvalue weighted by atomic mass is 35.5. The predicted molar refractivity (Wildman–Crippen MR) is 101 cm³/mol. The number of hydrogen-bond donors (Lipinski definition) is 2. The van der Waals surface area contributed by atoms with Crippen LogP contribution in [0.25, 0.3) is 10.9 Å². The molecule has 0 aliphatic carbocycles. The number of aromatic nitrogens is 1. The van der Waals surface area contributed by atoms with Crippen LogP contribution in [0.2, 0.25) is 10.0 Å². The van der Waals surface area contributed by atoms with Crippen LogP contribution in [-0.2, 0) is 11.3 Å². The van der Waals surface area contributed by atoms with Crippen molar-refractivity contribution in [1.29, 1.82) is 0 Å². The van der Waals surface area contributed by atoms with Gasteiger partial charge in [-0.1, -0.05) is 29.3 Å². The van der Waals surface area contributed by atoms with E-state index in [0.717, 1.165) is 10.9 Å². The summed E-state index contributed by atoms with van der Waals surface area (Å²) < 4.78 is 6.87. The van der Waals surface area contributed by atoms with Gasteiger partial charge >= 0.3 is 0 Å². The molecule has 0 bridgehead atoms. The van der Waals surface area contributed by atoms with Crippen LogP contribution in [0.5, 0.6) is 5.75 Å². The summed E-state index contributed by atoms with van der Waals surface area (Å²) in [4.78, 5) is 24.4. The van der Waals surface area contributed by atoms with Crippen molar-refractivity contribution in [2.45, 2.75) is 6.54 Å². The zero-order valence-corrected chi connectivity index (χ0v) is 15.3. The first-order valence-corrected chi connectivity index (χ1v) is 8.40. The van der Waals surface area contributed by atoms with Crippen LogP contribution in [0.4, 0.5) is 0 Å². The van der Waals surface area contributed by atoms with Crippen LogP contribution >= 0.6 is 23.2 Å². The maximum atomic E-state index is 12.2. The van der Waals surface area contributed by atoms with Crippen molar-refractivity contribution < 1.29 is 14.3 Å². The second-order valence-electron chi connectivity index (χ2n) is 5.49. The number of benzene rings is 2. The number of methoxy groups -OCH3 is 1. The van der Waals surface area contributed by atoms with Gasteiger partial charge in [0, 0.05) is 21.8 Å². The molecule has 0 spiro atoms. The SMILES string of the molecule is COc1cc(Cl)ccc1C(=O)NNC(=O)Cn1ccc2ccc(Cl)cc21. The highest BCUT2D eigenvalue weighted by Crippen LogP contribution is 2.23. The molecular weight excluding hydrogens is 377 g/mol. The van der Waals surface area contributed by atoms with Gasteiger partial charge in [0.15, 0.2) is 0 Å². The number of carbonyl (C=O) groups excluding carboxylic acids is 2. The molecule has 0 atom stereocenters. The lowest BCUT2D eigenvalue weighted by molar-refractivity contribution is -0.122. The van der Waals surface area contributed by atoms with E-state index in [4.69, 9.17) is 27.9 Å². The molecular formula is C18H15Cl2N3O3. The van der Waals surface area contributed by atoms with Gasteiger partial charge in [-0.25, -0.2) is 0 Å². The van der Waals surface area contributed by atoms with Crippen LogP contribution in [0.1, 0.15) is 10.4 Å². The second-order valence-corrected chi connectivity index (χ2v) is 6.37. The molecule has 0 aliphatic heterocycles. The van der Waals surface area contributed by atoms with E-state index in [-0.39, 0.29) is 18.0 Å². The summed E-state index contributed by atoms with van der Waals surface area (Å²) in [6.45, 7) is 0.0296. The lowest BCUT2D eigenvalue weighted by Gasteiger charge is -2.11. The molecule has 0 saturated heterocycles. The third-order valence-electron chi connectivity index (χ3n) is 3.77. The minimum absolute atomic E-state index is 0.0296. The van der Waals surface area contributed by atoms with Crippen molar-refractivity contribution in [3.8, 4) is 5.75 Å². The molecule has 134 valence electrons. The van der Waals surface area contributed by atoms with E-state index in [1.807, 2.05) is 12.1 Å². The van der Waals surface area contributed by atoms with Gasteiger partial charge < -0.3 is 9.30 Å². The van der Waals surface area contributed by atoms with Crippen molar-refractivity contribution >= 4 is 45.9 Å². The molecule has 2 amide bonds. The number of ether oxygens (including phenoxy) is 1. The Morgan fingerprint density at radius 3 is 2.54 bits per heavy atom. The Balaban J connectivity index is 1.65. The highest BCUT2D eigenvalue weighted by molar-refractivity contribution is 6.31. The Hall–Kier alpha value is -2.70. The molecule has 2 N–H and O–H groups in total. The third-order valence-corrected chi connectivity index (χ3v) is 4.24. The molecule has 2 aromatic carbocycles. The molecule has 3 rings (SSSR count). The number of halogens is 2. The van der Waals surface area contributed by atoms with E-state index in [1.165, 1.54) is 19.2 Å².